The lowest BCUT2D eigenvalue weighted by atomic mass is 9.94. The Balaban J connectivity index is 1.65. The van der Waals surface area contributed by atoms with Crippen molar-refractivity contribution in [3.8, 4) is 0 Å². The third-order valence-corrected chi connectivity index (χ3v) is 5.08. The Morgan fingerprint density at radius 1 is 1.25 bits per heavy atom. The first-order valence-electron chi connectivity index (χ1n) is 8.52. The number of urea groups is 2. The third-order valence-electron chi connectivity index (χ3n) is 4.22. The van der Waals surface area contributed by atoms with Crippen molar-refractivity contribution in [1.29, 1.82) is 0 Å². The largest absolute Gasteiger partial charge is 0.349 e. The zero-order valence-electron chi connectivity index (χ0n) is 14.6. The van der Waals surface area contributed by atoms with E-state index < -0.39 is 17.9 Å². The number of carbonyl (C=O) groups excluding carboxylic acids is 2. The molecule has 0 saturated carbocycles. The summed E-state index contributed by atoms with van der Waals surface area (Å²) in [6, 6.07) is 8.07. The van der Waals surface area contributed by atoms with Gasteiger partial charge in [-0.3, -0.25) is 4.90 Å². The Kier molecular flexibility index (Phi) is 4.94. The van der Waals surface area contributed by atoms with Crippen LogP contribution >= 0.6 is 11.3 Å². The van der Waals surface area contributed by atoms with Gasteiger partial charge in [0.1, 0.15) is 11.7 Å². The molecule has 2 heterocycles. The van der Waals surface area contributed by atoms with Gasteiger partial charge in [-0.1, -0.05) is 24.3 Å². The van der Waals surface area contributed by atoms with Gasteiger partial charge < -0.3 is 5.32 Å². The van der Waals surface area contributed by atoms with Gasteiger partial charge >= 0.3 is 12.1 Å². The van der Waals surface area contributed by atoms with Crippen LogP contribution < -0.4 is 5.32 Å². The zero-order chi connectivity index (χ0) is 19.5. The van der Waals surface area contributed by atoms with Crippen molar-refractivity contribution in [1.82, 2.24) is 4.90 Å². The number of nitrogens with zero attached hydrogens (tertiary/aromatic N) is 3. The van der Waals surface area contributed by atoms with E-state index in [9.17, 15) is 14.0 Å². The second-order valence-corrected chi connectivity index (χ2v) is 7.15. The molecule has 1 aromatic carbocycles. The van der Waals surface area contributed by atoms with Crippen molar-refractivity contribution >= 4 is 40.6 Å². The molecule has 8 heteroatoms. The number of hydrogen-bond acceptors (Lipinski definition) is 3. The van der Waals surface area contributed by atoms with Crippen LogP contribution in [-0.4, -0.2) is 28.5 Å². The number of amides is 4. The van der Waals surface area contributed by atoms with E-state index in [2.05, 4.69) is 15.3 Å². The summed E-state index contributed by atoms with van der Waals surface area (Å²) in [7, 11) is 0. The summed E-state index contributed by atoms with van der Waals surface area (Å²) in [4.78, 5) is 35.7. The third kappa shape index (κ3) is 3.81. The monoisotopic (exact) mass is 394 g/mol. The lowest BCUT2D eigenvalue weighted by molar-refractivity contribution is 0.227. The molecule has 0 fully saturated rings. The number of allylic oxidation sites excluding steroid dienone is 3. The highest BCUT2D eigenvalue weighted by Gasteiger charge is 2.34. The number of aliphatic imine (C=N–C) groups is 2. The predicted octanol–water partition coefficient (Wildman–Crippen LogP) is 4.64. The molecule has 4 amide bonds. The highest BCUT2D eigenvalue weighted by Crippen LogP contribution is 2.24. The van der Waals surface area contributed by atoms with Crippen LogP contribution in [0.3, 0.4) is 0 Å². The van der Waals surface area contributed by atoms with E-state index in [1.165, 1.54) is 40.5 Å². The van der Waals surface area contributed by atoms with Gasteiger partial charge in [0.05, 0.1) is 18.2 Å². The first-order valence-corrected chi connectivity index (χ1v) is 9.40. The maximum Gasteiger partial charge on any atom is 0.349 e. The minimum Gasteiger partial charge on any atom is -0.306 e. The number of fused-ring (bicyclic) bond motifs is 1. The van der Waals surface area contributed by atoms with Gasteiger partial charge in [0.2, 0.25) is 0 Å². The minimum absolute atomic E-state index is 0.282. The Labute approximate surface area is 164 Å². The topological polar surface area (TPSA) is 74.1 Å². The van der Waals surface area contributed by atoms with Crippen LogP contribution in [0.15, 0.2) is 76.1 Å². The Morgan fingerprint density at radius 3 is 2.82 bits per heavy atom. The van der Waals surface area contributed by atoms with Gasteiger partial charge in [-0.25, -0.2) is 14.0 Å². The van der Waals surface area contributed by atoms with Crippen molar-refractivity contribution in [2.75, 3.05) is 5.32 Å². The molecule has 2 aliphatic rings. The number of anilines is 1. The van der Waals surface area contributed by atoms with Gasteiger partial charge in [-0.05, 0) is 41.8 Å². The van der Waals surface area contributed by atoms with E-state index in [1.54, 1.807) is 12.2 Å². The van der Waals surface area contributed by atoms with Crippen molar-refractivity contribution < 1.29 is 14.0 Å². The molecular formula is C20H15FN4O2S. The fraction of sp³-hybridized carbons (Fsp3) is 0.100. The van der Waals surface area contributed by atoms with Crippen LogP contribution in [0.4, 0.5) is 19.7 Å². The summed E-state index contributed by atoms with van der Waals surface area (Å²) in [5, 5.41) is 4.51. The van der Waals surface area contributed by atoms with E-state index in [-0.39, 0.29) is 12.5 Å². The second kappa shape index (κ2) is 7.69. The number of benzene rings is 1. The maximum absolute atomic E-state index is 13.0. The highest BCUT2D eigenvalue weighted by atomic mass is 32.1. The fourth-order valence-corrected chi connectivity index (χ4v) is 3.61. The molecular weight excluding hydrogens is 379 g/mol. The van der Waals surface area contributed by atoms with Gasteiger partial charge in [-0.2, -0.15) is 9.98 Å². The summed E-state index contributed by atoms with van der Waals surface area (Å²) < 4.78 is 13.0. The van der Waals surface area contributed by atoms with Crippen molar-refractivity contribution in [3.05, 3.63) is 76.8 Å². The number of thiophene rings is 1. The average molecular weight is 394 g/mol. The maximum atomic E-state index is 13.0. The van der Waals surface area contributed by atoms with Gasteiger partial charge in [0.15, 0.2) is 0 Å². The van der Waals surface area contributed by atoms with E-state index in [0.29, 0.717) is 17.2 Å². The van der Waals surface area contributed by atoms with Crippen molar-refractivity contribution in [2.24, 2.45) is 15.9 Å². The van der Waals surface area contributed by atoms with E-state index >= 15 is 0 Å². The number of nitrogens with one attached hydrogen (secondary N) is 1. The van der Waals surface area contributed by atoms with Gasteiger partial charge in [0, 0.05) is 10.6 Å². The minimum atomic E-state index is -0.644. The quantitative estimate of drug-likeness (QED) is 0.824. The fourth-order valence-electron chi connectivity index (χ4n) is 2.92. The number of carbonyl (C=O) groups is 2. The second-order valence-electron chi connectivity index (χ2n) is 6.11. The summed E-state index contributed by atoms with van der Waals surface area (Å²) in [5.41, 5.74) is 0.957. The first kappa shape index (κ1) is 18.0. The average Bonchev–Trinajstić information content (AvgIpc) is 3.19. The van der Waals surface area contributed by atoms with Crippen LogP contribution in [0.5, 0.6) is 0 Å². The van der Waals surface area contributed by atoms with Gasteiger partial charge in [-0.15, -0.1) is 11.3 Å². The molecule has 140 valence electrons. The van der Waals surface area contributed by atoms with Crippen LogP contribution in [0.2, 0.25) is 0 Å². The van der Waals surface area contributed by atoms with E-state index in [0.717, 1.165) is 4.88 Å². The lowest BCUT2D eigenvalue weighted by Gasteiger charge is -2.31. The van der Waals surface area contributed by atoms with Crippen molar-refractivity contribution in [3.63, 3.8) is 0 Å². The zero-order valence-corrected chi connectivity index (χ0v) is 15.4. The highest BCUT2D eigenvalue weighted by molar-refractivity contribution is 7.09. The molecule has 0 radical (unpaired) electrons. The molecule has 1 aromatic heterocycles. The molecule has 0 saturated heterocycles. The molecule has 1 atom stereocenters. The smallest absolute Gasteiger partial charge is 0.306 e. The Bertz CT molecular complexity index is 1020. The molecule has 1 N–H and O–H groups in total. The van der Waals surface area contributed by atoms with E-state index in [4.69, 9.17) is 0 Å². The molecule has 4 rings (SSSR count). The van der Waals surface area contributed by atoms with Gasteiger partial charge in [0.25, 0.3) is 0 Å². The first-order chi connectivity index (χ1) is 13.6. The molecule has 1 unspecified atom stereocenters. The molecule has 6 nitrogen and oxygen atoms in total. The number of halogens is 1. The van der Waals surface area contributed by atoms with Crippen LogP contribution in [0, 0.1) is 11.7 Å². The number of rotatable bonds is 3. The standard InChI is InChI=1S/C20H15FN4O2S/c21-13-7-9-14(10-8-13)22-19(26)24-18-16-5-1-2-6-17(16)23-20(27)25(18)12-15-4-3-11-28-15/h1-11,16H,12H2,(H,22,26)/b24-18+. The summed E-state index contributed by atoms with van der Waals surface area (Å²) in [6.07, 6.45) is 7.19. The molecule has 0 bridgehead atoms. The van der Waals surface area contributed by atoms with Crippen LogP contribution in [0.1, 0.15) is 4.88 Å². The normalized spacial score (nSPS) is 19.5. The summed E-state index contributed by atoms with van der Waals surface area (Å²) in [5.74, 6) is -0.477. The lowest BCUT2D eigenvalue weighted by Crippen LogP contribution is -2.46. The number of amidine groups is 1. The molecule has 28 heavy (non-hydrogen) atoms. The SMILES string of the molecule is O=C(/N=C1\C2C=CC=CC2=NC(=O)N1Cc1cccs1)Nc1ccc(F)cc1. The van der Waals surface area contributed by atoms with E-state index in [1.807, 2.05) is 29.7 Å². The molecule has 2 aromatic rings. The van der Waals surface area contributed by atoms with Crippen LogP contribution in [-0.2, 0) is 6.54 Å². The van der Waals surface area contributed by atoms with Crippen molar-refractivity contribution in [2.45, 2.75) is 6.54 Å². The molecule has 1 aliphatic carbocycles. The summed E-state index contributed by atoms with van der Waals surface area (Å²) in [6.45, 7) is 0.282. The Hall–Kier alpha value is -3.39. The summed E-state index contributed by atoms with van der Waals surface area (Å²) >= 11 is 1.51. The molecule has 1 aliphatic heterocycles. The van der Waals surface area contributed by atoms with Crippen LogP contribution in [0.25, 0.3) is 0 Å². The number of hydrogen-bond donors (Lipinski definition) is 1. The Morgan fingerprint density at radius 2 is 2.07 bits per heavy atom. The molecule has 0 spiro atoms. The predicted molar refractivity (Wildman–Crippen MR) is 107 cm³/mol.